The van der Waals surface area contributed by atoms with E-state index in [2.05, 4.69) is 42.2 Å². The van der Waals surface area contributed by atoms with E-state index in [4.69, 9.17) is 14.7 Å². The Bertz CT molecular complexity index is 879. The second kappa shape index (κ2) is 10.2. The molecule has 2 aliphatic rings. The fraction of sp³-hybridized carbons (Fsp3) is 0.560. The van der Waals surface area contributed by atoms with Crippen LogP contribution in [-0.4, -0.2) is 60.7 Å². The van der Waals surface area contributed by atoms with Crippen molar-refractivity contribution < 1.29 is 9.53 Å². The van der Waals surface area contributed by atoms with E-state index in [9.17, 15) is 4.79 Å². The van der Waals surface area contributed by atoms with Gasteiger partial charge in [0, 0.05) is 50.5 Å². The maximum Gasteiger partial charge on any atom is 0.224 e. The van der Waals surface area contributed by atoms with Gasteiger partial charge in [-0.3, -0.25) is 4.79 Å². The molecule has 2 aromatic rings. The molecule has 0 radical (unpaired) electrons. The number of aryl methyl sites for hydroxylation is 1. The molecular weight excluding hydrogens is 388 g/mol. The van der Waals surface area contributed by atoms with Gasteiger partial charge in [0.25, 0.3) is 0 Å². The number of rotatable bonds is 7. The highest BCUT2D eigenvalue weighted by molar-refractivity contribution is 5.76. The second-order valence-corrected chi connectivity index (χ2v) is 8.69. The van der Waals surface area contributed by atoms with Crippen molar-refractivity contribution in [1.29, 1.82) is 0 Å². The predicted molar refractivity (Wildman–Crippen MR) is 122 cm³/mol. The summed E-state index contributed by atoms with van der Waals surface area (Å²) in [6, 6.07) is 10.7. The minimum absolute atomic E-state index is 0.190. The Morgan fingerprint density at radius 3 is 2.65 bits per heavy atom. The van der Waals surface area contributed by atoms with E-state index in [0.29, 0.717) is 18.9 Å². The van der Waals surface area contributed by atoms with Crippen LogP contribution in [-0.2, 0) is 22.4 Å². The average Bonchev–Trinajstić information content (AvgIpc) is 2.82. The third-order valence-electron chi connectivity index (χ3n) is 6.61. The highest BCUT2D eigenvalue weighted by Gasteiger charge is 2.28. The van der Waals surface area contributed by atoms with Crippen LogP contribution in [0.25, 0.3) is 0 Å². The molecule has 1 amide bonds. The zero-order chi connectivity index (χ0) is 21.6. The lowest BCUT2D eigenvalue weighted by Crippen LogP contribution is -2.39. The largest absolute Gasteiger partial charge is 0.384 e. The van der Waals surface area contributed by atoms with E-state index in [-0.39, 0.29) is 5.91 Å². The lowest BCUT2D eigenvalue weighted by molar-refractivity contribution is -0.133. The molecule has 0 bridgehead atoms. The number of ether oxygens (including phenoxy) is 1. The number of carbonyl (C=O) groups is 1. The number of hydrogen-bond donors (Lipinski definition) is 0. The molecule has 0 aliphatic carbocycles. The van der Waals surface area contributed by atoms with Crippen molar-refractivity contribution in [2.75, 3.05) is 44.8 Å². The van der Waals surface area contributed by atoms with Gasteiger partial charge in [0.05, 0.1) is 13.0 Å². The van der Waals surface area contributed by atoms with E-state index in [1.54, 1.807) is 7.11 Å². The first-order valence-electron chi connectivity index (χ1n) is 11.6. The van der Waals surface area contributed by atoms with Crippen molar-refractivity contribution in [1.82, 2.24) is 14.9 Å². The molecule has 6 heteroatoms. The summed E-state index contributed by atoms with van der Waals surface area (Å²) in [7, 11) is 1.64. The number of benzene rings is 1. The van der Waals surface area contributed by atoms with Gasteiger partial charge < -0.3 is 14.5 Å². The Kier molecular flexibility index (Phi) is 7.17. The highest BCUT2D eigenvalue weighted by Crippen LogP contribution is 2.32. The Labute approximate surface area is 185 Å². The number of methoxy groups -OCH3 is 1. The van der Waals surface area contributed by atoms with Gasteiger partial charge in [-0.05, 0) is 44.6 Å². The van der Waals surface area contributed by atoms with Crippen LogP contribution in [0.15, 0.2) is 30.3 Å². The van der Waals surface area contributed by atoms with Crippen molar-refractivity contribution in [2.45, 2.75) is 51.4 Å². The molecule has 1 aromatic heterocycles. The Morgan fingerprint density at radius 1 is 1.13 bits per heavy atom. The first kappa shape index (κ1) is 21.8. The van der Waals surface area contributed by atoms with Gasteiger partial charge in [-0.25, -0.2) is 9.97 Å². The lowest BCUT2D eigenvalue weighted by Gasteiger charge is -2.34. The molecule has 166 valence electrons. The molecule has 4 rings (SSSR count). The quantitative estimate of drug-likeness (QED) is 0.683. The highest BCUT2D eigenvalue weighted by atomic mass is 16.5. The first-order valence-corrected chi connectivity index (χ1v) is 11.6. The number of amides is 1. The lowest BCUT2D eigenvalue weighted by atomic mass is 9.94. The molecule has 3 heterocycles. The average molecular weight is 423 g/mol. The van der Waals surface area contributed by atoms with Gasteiger partial charge in [-0.1, -0.05) is 30.3 Å². The molecule has 0 N–H and O–H groups in total. The molecule has 1 aromatic carbocycles. The summed E-state index contributed by atoms with van der Waals surface area (Å²) in [6.07, 6.45) is 5.58. The van der Waals surface area contributed by atoms with Crippen LogP contribution in [0.2, 0.25) is 0 Å². The fourth-order valence-electron chi connectivity index (χ4n) is 4.75. The van der Waals surface area contributed by atoms with E-state index < -0.39 is 0 Å². The fourth-order valence-corrected chi connectivity index (χ4v) is 4.75. The summed E-state index contributed by atoms with van der Waals surface area (Å²) in [5, 5.41) is 0. The number of likely N-dealkylation sites (tertiary alicyclic amines) is 1. The van der Waals surface area contributed by atoms with Gasteiger partial charge in [0.1, 0.15) is 11.6 Å². The monoisotopic (exact) mass is 422 g/mol. The number of carbonyl (C=O) groups excluding carboxylic acids is 1. The molecule has 31 heavy (non-hydrogen) atoms. The van der Waals surface area contributed by atoms with Gasteiger partial charge in [-0.2, -0.15) is 0 Å². The molecule has 0 saturated carbocycles. The molecule has 1 saturated heterocycles. The van der Waals surface area contributed by atoms with E-state index in [1.165, 1.54) is 11.1 Å². The third-order valence-corrected chi connectivity index (χ3v) is 6.61. The topological polar surface area (TPSA) is 58.6 Å². The summed E-state index contributed by atoms with van der Waals surface area (Å²) in [5.74, 6) is 2.62. The van der Waals surface area contributed by atoms with Crippen LogP contribution in [0.1, 0.15) is 54.2 Å². The third kappa shape index (κ3) is 5.24. The van der Waals surface area contributed by atoms with Crippen LogP contribution >= 0.6 is 0 Å². The van der Waals surface area contributed by atoms with Crippen LogP contribution in [0, 0.1) is 6.92 Å². The Morgan fingerprint density at radius 2 is 1.90 bits per heavy atom. The van der Waals surface area contributed by atoms with Crippen molar-refractivity contribution in [3.8, 4) is 0 Å². The normalized spacial score (nSPS) is 17.0. The minimum Gasteiger partial charge on any atom is -0.384 e. The van der Waals surface area contributed by atoms with Gasteiger partial charge >= 0.3 is 0 Å². The number of aromatic nitrogens is 2. The molecule has 6 nitrogen and oxygen atoms in total. The number of fused-ring (bicyclic) bond motifs is 1. The summed E-state index contributed by atoms with van der Waals surface area (Å²) >= 11 is 0. The van der Waals surface area contributed by atoms with E-state index >= 15 is 0 Å². The van der Waals surface area contributed by atoms with Crippen molar-refractivity contribution >= 4 is 11.7 Å². The van der Waals surface area contributed by atoms with Gasteiger partial charge in [0.15, 0.2) is 0 Å². The maximum absolute atomic E-state index is 12.3. The zero-order valence-electron chi connectivity index (χ0n) is 18.8. The first-order chi connectivity index (χ1) is 15.2. The van der Waals surface area contributed by atoms with Crippen LogP contribution in [0.4, 0.5) is 5.82 Å². The standard InChI is InChI=1S/C25H34N4O2/c1-19-22-9-6-14-29(15-10-20-7-4-3-5-8-20)25(22)27-24(26-19)21-11-16-28(17-12-21)23(30)13-18-31-2/h3-5,7-8,21H,6,9-18H2,1-2H3. The predicted octanol–water partition coefficient (Wildman–Crippen LogP) is 3.52. The summed E-state index contributed by atoms with van der Waals surface area (Å²) in [4.78, 5) is 26.7. The van der Waals surface area contributed by atoms with E-state index in [1.807, 2.05) is 4.90 Å². The Hall–Kier alpha value is -2.47. The zero-order valence-corrected chi connectivity index (χ0v) is 18.8. The summed E-state index contributed by atoms with van der Waals surface area (Å²) < 4.78 is 5.05. The van der Waals surface area contributed by atoms with Crippen LogP contribution in [0.5, 0.6) is 0 Å². The summed E-state index contributed by atoms with van der Waals surface area (Å²) in [6.45, 7) is 6.23. The summed E-state index contributed by atoms with van der Waals surface area (Å²) in [5.41, 5.74) is 3.81. The smallest absolute Gasteiger partial charge is 0.224 e. The van der Waals surface area contributed by atoms with Crippen LogP contribution in [0.3, 0.4) is 0 Å². The molecule has 2 aliphatic heterocycles. The number of hydrogen-bond acceptors (Lipinski definition) is 5. The van der Waals surface area contributed by atoms with E-state index in [0.717, 1.165) is 75.6 Å². The number of anilines is 1. The SMILES string of the molecule is COCCC(=O)N1CCC(c2nc(C)c3c(n2)N(CCc2ccccc2)CCC3)CC1. The van der Waals surface area contributed by atoms with Crippen molar-refractivity contribution in [2.24, 2.45) is 0 Å². The van der Waals surface area contributed by atoms with Crippen molar-refractivity contribution in [3.05, 3.63) is 53.0 Å². The van der Waals surface area contributed by atoms with Crippen LogP contribution < -0.4 is 4.90 Å². The second-order valence-electron chi connectivity index (χ2n) is 8.69. The maximum atomic E-state index is 12.3. The molecule has 0 unspecified atom stereocenters. The van der Waals surface area contributed by atoms with Gasteiger partial charge in [0.2, 0.25) is 5.91 Å². The minimum atomic E-state index is 0.190. The molecule has 0 atom stereocenters. The number of piperidine rings is 1. The molecule has 0 spiro atoms. The molecular formula is C25H34N4O2. The van der Waals surface area contributed by atoms with Gasteiger partial charge in [-0.15, -0.1) is 0 Å². The number of nitrogens with zero attached hydrogens (tertiary/aromatic N) is 4. The Balaban J connectivity index is 1.44. The van der Waals surface area contributed by atoms with Crippen molar-refractivity contribution in [3.63, 3.8) is 0 Å². The molecule has 1 fully saturated rings.